The predicted octanol–water partition coefficient (Wildman–Crippen LogP) is 5.03. The second-order valence-corrected chi connectivity index (χ2v) is 8.40. The lowest BCUT2D eigenvalue weighted by atomic mass is 9.94. The topological polar surface area (TPSA) is 59.0 Å². The molecule has 1 aliphatic heterocycles. The van der Waals surface area contributed by atoms with Gasteiger partial charge in [-0.1, -0.05) is 48.5 Å². The second-order valence-electron chi connectivity index (χ2n) is 8.40. The Bertz CT molecular complexity index is 1110. The fourth-order valence-corrected chi connectivity index (χ4v) is 3.89. The van der Waals surface area contributed by atoms with Crippen molar-refractivity contribution in [1.82, 2.24) is 0 Å². The molecule has 1 heterocycles. The number of anilines is 2. The zero-order valence-electron chi connectivity index (χ0n) is 18.3. The first-order valence-corrected chi connectivity index (χ1v) is 10.3. The van der Waals surface area contributed by atoms with Gasteiger partial charge in [-0.2, -0.15) is 0 Å². The summed E-state index contributed by atoms with van der Waals surface area (Å²) in [6, 6.07) is 22.9. The molecule has 5 heteroatoms. The van der Waals surface area contributed by atoms with E-state index in [9.17, 15) is 9.90 Å². The average molecular weight is 418 g/mol. The maximum atomic E-state index is 13.3. The van der Waals surface area contributed by atoms with Gasteiger partial charge < -0.3 is 14.6 Å². The molecule has 0 fully saturated rings. The van der Waals surface area contributed by atoms with E-state index in [1.165, 1.54) is 6.92 Å². The van der Waals surface area contributed by atoms with Crippen molar-refractivity contribution in [2.45, 2.75) is 38.6 Å². The molecule has 1 aliphatic rings. The van der Waals surface area contributed by atoms with Crippen molar-refractivity contribution in [1.29, 1.82) is 0 Å². The van der Waals surface area contributed by atoms with Crippen molar-refractivity contribution >= 4 is 17.3 Å². The molecule has 0 aromatic heterocycles. The molecule has 0 saturated carbocycles. The van der Waals surface area contributed by atoms with Crippen LogP contribution in [0.25, 0.3) is 0 Å². The van der Waals surface area contributed by atoms with Crippen LogP contribution in [0.2, 0.25) is 0 Å². The highest BCUT2D eigenvalue weighted by atomic mass is 16.5. The van der Waals surface area contributed by atoms with E-state index in [0.29, 0.717) is 29.3 Å². The molecule has 0 bridgehead atoms. The molecule has 5 nitrogen and oxygen atoms in total. The molecule has 3 aromatic rings. The van der Waals surface area contributed by atoms with E-state index in [2.05, 4.69) is 0 Å². The zero-order chi connectivity index (χ0) is 22.2. The molecule has 160 valence electrons. The van der Waals surface area contributed by atoms with Crippen LogP contribution in [0.15, 0.2) is 72.8 Å². The van der Waals surface area contributed by atoms with E-state index in [1.54, 1.807) is 18.1 Å². The number of hydrogen-bond donors (Lipinski definition) is 1. The third kappa shape index (κ3) is 3.71. The molecule has 1 atom stereocenters. The molecule has 0 radical (unpaired) electrons. The van der Waals surface area contributed by atoms with Gasteiger partial charge >= 0.3 is 0 Å². The molecule has 31 heavy (non-hydrogen) atoms. The van der Waals surface area contributed by atoms with E-state index >= 15 is 0 Å². The third-order valence-corrected chi connectivity index (χ3v) is 5.91. The number of ether oxygens (including phenoxy) is 2. The summed E-state index contributed by atoms with van der Waals surface area (Å²) in [7, 11) is 1.64. The first-order valence-electron chi connectivity index (χ1n) is 10.3. The van der Waals surface area contributed by atoms with Crippen molar-refractivity contribution in [3.63, 3.8) is 0 Å². The lowest BCUT2D eigenvalue weighted by Gasteiger charge is -2.31. The maximum Gasteiger partial charge on any atom is 0.267 e. The lowest BCUT2D eigenvalue weighted by Crippen LogP contribution is -2.36. The van der Waals surface area contributed by atoms with Crippen LogP contribution in [0.5, 0.6) is 5.75 Å². The minimum atomic E-state index is -1.59. The van der Waals surface area contributed by atoms with Gasteiger partial charge in [-0.3, -0.25) is 9.69 Å². The number of fused-ring (bicyclic) bond motifs is 1. The van der Waals surface area contributed by atoms with Crippen molar-refractivity contribution < 1.29 is 19.4 Å². The largest absolute Gasteiger partial charge is 0.489 e. The normalized spacial score (nSPS) is 18.2. The quantitative estimate of drug-likeness (QED) is 0.611. The lowest BCUT2D eigenvalue weighted by molar-refractivity contribution is -0.133. The standard InChI is InChI=1S/C26H27NO4/c1-25(2,30-4)21-16-19(31-17-18-10-6-5-7-11-18)14-15-23(21)27-22-13-9-8-12-20(22)26(3,29)24(27)28/h5-16,29H,17H2,1-4H3/t26-/m1/s1. The number of aliphatic hydroxyl groups is 1. The summed E-state index contributed by atoms with van der Waals surface area (Å²) in [4.78, 5) is 14.8. The van der Waals surface area contributed by atoms with Crippen LogP contribution >= 0.6 is 0 Å². The van der Waals surface area contributed by atoms with Gasteiger partial charge in [0.2, 0.25) is 0 Å². The van der Waals surface area contributed by atoms with Crippen LogP contribution in [0.3, 0.4) is 0 Å². The zero-order valence-corrected chi connectivity index (χ0v) is 18.3. The highest BCUT2D eigenvalue weighted by molar-refractivity contribution is 6.12. The summed E-state index contributed by atoms with van der Waals surface area (Å²) in [5.74, 6) is 0.291. The van der Waals surface area contributed by atoms with Crippen LogP contribution in [0.1, 0.15) is 37.5 Å². The van der Waals surface area contributed by atoms with E-state index in [0.717, 1.165) is 11.1 Å². The fourth-order valence-electron chi connectivity index (χ4n) is 3.89. The Hall–Kier alpha value is -3.15. The first kappa shape index (κ1) is 21.1. The number of carbonyl (C=O) groups is 1. The molecule has 0 aliphatic carbocycles. The van der Waals surface area contributed by atoms with Gasteiger partial charge in [0.1, 0.15) is 12.4 Å². The summed E-state index contributed by atoms with van der Waals surface area (Å²) in [6.07, 6.45) is 0. The number of rotatable bonds is 6. The molecular weight excluding hydrogens is 390 g/mol. The molecule has 4 rings (SSSR count). The highest BCUT2D eigenvalue weighted by Gasteiger charge is 2.47. The number of nitrogens with zero attached hydrogens (tertiary/aromatic N) is 1. The van der Waals surface area contributed by atoms with E-state index < -0.39 is 11.2 Å². The van der Waals surface area contributed by atoms with Gasteiger partial charge in [-0.05, 0) is 50.6 Å². The molecule has 0 spiro atoms. The van der Waals surface area contributed by atoms with E-state index in [4.69, 9.17) is 9.47 Å². The number of carbonyl (C=O) groups excluding carboxylic acids is 1. The summed E-state index contributed by atoms with van der Waals surface area (Å²) in [6.45, 7) is 5.86. The van der Waals surface area contributed by atoms with Crippen molar-refractivity contribution in [2.75, 3.05) is 12.0 Å². The fraction of sp³-hybridized carbons (Fsp3) is 0.269. The summed E-state index contributed by atoms with van der Waals surface area (Å²) in [5, 5.41) is 10.9. The Balaban J connectivity index is 1.77. The number of benzene rings is 3. The highest BCUT2D eigenvalue weighted by Crippen LogP contribution is 2.47. The Morgan fingerprint density at radius 1 is 0.968 bits per heavy atom. The monoisotopic (exact) mass is 417 g/mol. The first-order chi connectivity index (χ1) is 14.8. The average Bonchev–Trinajstić information content (AvgIpc) is 2.98. The summed E-state index contributed by atoms with van der Waals surface area (Å²) >= 11 is 0. The van der Waals surface area contributed by atoms with Crippen LogP contribution in [0.4, 0.5) is 11.4 Å². The summed E-state index contributed by atoms with van der Waals surface area (Å²) < 4.78 is 11.8. The third-order valence-electron chi connectivity index (χ3n) is 5.91. The number of hydrogen-bond acceptors (Lipinski definition) is 4. The SMILES string of the molecule is COC(C)(C)c1cc(OCc2ccccc2)ccc1N1C(=O)[C@](C)(O)c2ccccc21. The Morgan fingerprint density at radius 3 is 2.35 bits per heavy atom. The van der Waals surface area contributed by atoms with Gasteiger partial charge in [-0.15, -0.1) is 0 Å². The second kappa shape index (κ2) is 7.84. The molecule has 1 N–H and O–H groups in total. The van der Waals surface area contributed by atoms with Crippen LogP contribution in [-0.4, -0.2) is 18.1 Å². The number of amides is 1. The van der Waals surface area contributed by atoms with Crippen LogP contribution in [-0.2, 0) is 27.3 Å². The van der Waals surface area contributed by atoms with Crippen molar-refractivity contribution in [3.05, 3.63) is 89.5 Å². The van der Waals surface area contributed by atoms with Crippen molar-refractivity contribution in [2.24, 2.45) is 0 Å². The Morgan fingerprint density at radius 2 is 1.65 bits per heavy atom. The molecule has 3 aromatic carbocycles. The molecule has 0 saturated heterocycles. The molecular formula is C26H27NO4. The number of methoxy groups -OCH3 is 1. The Labute approximate surface area is 182 Å². The van der Waals surface area contributed by atoms with E-state index in [1.807, 2.05) is 80.6 Å². The van der Waals surface area contributed by atoms with Gasteiger partial charge in [0.25, 0.3) is 5.91 Å². The van der Waals surface area contributed by atoms with Gasteiger partial charge in [0, 0.05) is 18.2 Å². The van der Waals surface area contributed by atoms with Gasteiger partial charge in [0.15, 0.2) is 5.60 Å². The van der Waals surface area contributed by atoms with Gasteiger partial charge in [-0.25, -0.2) is 0 Å². The van der Waals surface area contributed by atoms with E-state index in [-0.39, 0.29) is 5.91 Å². The summed E-state index contributed by atoms with van der Waals surface area (Å²) in [5.41, 5.74) is 1.50. The smallest absolute Gasteiger partial charge is 0.267 e. The minimum absolute atomic E-state index is 0.389. The van der Waals surface area contributed by atoms with Crippen LogP contribution < -0.4 is 9.64 Å². The Kier molecular flexibility index (Phi) is 5.33. The molecule has 1 amide bonds. The number of para-hydroxylation sites is 1. The minimum Gasteiger partial charge on any atom is -0.489 e. The van der Waals surface area contributed by atoms with Gasteiger partial charge in [0.05, 0.1) is 17.0 Å². The van der Waals surface area contributed by atoms with Crippen LogP contribution in [0, 0.1) is 0 Å². The predicted molar refractivity (Wildman–Crippen MR) is 120 cm³/mol. The molecule has 0 unspecified atom stereocenters. The van der Waals surface area contributed by atoms with Crippen molar-refractivity contribution in [3.8, 4) is 5.75 Å². The maximum absolute atomic E-state index is 13.3.